The maximum atomic E-state index is 12.5. The molecule has 1 amide bonds. The third-order valence-electron chi connectivity index (χ3n) is 4.23. The van der Waals surface area contributed by atoms with Crippen LogP contribution >= 0.6 is 0 Å². The molecule has 6 heteroatoms. The molecule has 3 aromatic rings. The van der Waals surface area contributed by atoms with Gasteiger partial charge in [0.2, 0.25) is 5.91 Å². The molecule has 1 N–H and O–H groups in total. The molecular formula is C21H24N2O4. The lowest BCUT2D eigenvalue weighted by molar-refractivity contribution is -0.121. The first-order valence-corrected chi connectivity index (χ1v) is 9.14. The van der Waals surface area contributed by atoms with Gasteiger partial charge in [-0.15, -0.1) is 0 Å². The summed E-state index contributed by atoms with van der Waals surface area (Å²) in [4.78, 5) is 12.5. The highest BCUT2D eigenvalue weighted by Crippen LogP contribution is 2.30. The van der Waals surface area contributed by atoms with Crippen LogP contribution in [0.4, 0.5) is 0 Å². The Morgan fingerprint density at radius 2 is 1.85 bits per heavy atom. The molecule has 1 atom stereocenters. The Bertz CT molecular complexity index is 919. The number of carbonyl (C=O) groups excluding carboxylic acids is 1. The average molecular weight is 368 g/mol. The van der Waals surface area contributed by atoms with Crippen molar-refractivity contribution in [2.24, 2.45) is 0 Å². The van der Waals surface area contributed by atoms with Crippen LogP contribution in [0.1, 0.15) is 38.1 Å². The predicted octanol–water partition coefficient (Wildman–Crippen LogP) is 4.05. The zero-order valence-corrected chi connectivity index (χ0v) is 15.8. The fourth-order valence-corrected chi connectivity index (χ4v) is 2.93. The van der Waals surface area contributed by atoms with Gasteiger partial charge in [0.1, 0.15) is 5.69 Å². The number of carbonyl (C=O) groups is 1. The van der Waals surface area contributed by atoms with E-state index in [1.165, 1.54) is 0 Å². The van der Waals surface area contributed by atoms with E-state index in [1.54, 1.807) is 0 Å². The van der Waals surface area contributed by atoms with Gasteiger partial charge in [0.15, 0.2) is 17.1 Å². The Hall–Kier alpha value is -3.02. The van der Waals surface area contributed by atoms with E-state index in [9.17, 15) is 4.79 Å². The molecule has 0 saturated heterocycles. The highest BCUT2D eigenvalue weighted by atomic mass is 16.5. The number of para-hydroxylation sites is 1. The molecule has 0 aliphatic rings. The molecule has 0 bridgehead atoms. The summed E-state index contributed by atoms with van der Waals surface area (Å²) in [5.74, 6) is 1.27. The summed E-state index contributed by atoms with van der Waals surface area (Å²) in [6, 6.07) is 13.1. The SMILES string of the molecule is CCOc1ccc(C(C)NC(=O)Cc2noc3ccccc23)cc1OCC. The van der Waals surface area contributed by atoms with Crippen molar-refractivity contribution in [1.82, 2.24) is 10.5 Å². The topological polar surface area (TPSA) is 73.6 Å². The summed E-state index contributed by atoms with van der Waals surface area (Å²) in [6.07, 6.45) is 0.163. The number of nitrogens with zero attached hydrogens (tertiary/aromatic N) is 1. The van der Waals surface area contributed by atoms with Crippen LogP contribution < -0.4 is 14.8 Å². The third kappa shape index (κ3) is 4.39. The zero-order chi connectivity index (χ0) is 19.2. The lowest BCUT2D eigenvalue weighted by Gasteiger charge is -2.17. The summed E-state index contributed by atoms with van der Waals surface area (Å²) in [5.41, 5.74) is 2.26. The van der Waals surface area contributed by atoms with E-state index >= 15 is 0 Å². The van der Waals surface area contributed by atoms with Gasteiger partial charge in [0, 0.05) is 5.39 Å². The van der Waals surface area contributed by atoms with Crippen molar-refractivity contribution in [1.29, 1.82) is 0 Å². The number of ether oxygens (including phenoxy) is 2. The fraction of sp³-hybridized carbons (Fsp3) is 0.333. The van der Waals surface area contributed by atoms with Gasteiger partial charge in [-0.2, -0.15) is 0 Å². The van der Waals surface area contributed by atoms with E-state index in [4.69, 9.17) is 14.0 Å². The number of fused-ring (bicyclic) bond motifs is 1. The van der Waals surface area contributed by atoms with E-state index in [-0.39, 0.29) is 18.4 Å². The molecule has 0 fully saturated rings. The van der Waals surface area contributed by atoms with Gasteiger partial charge in [0.05, 0.1) is 25.7 Å². The summed E-state index contributed by atoms with van der Waals surface area (Å²) in [5, 5.41) is 7.88. The lowest BCUT2D eigenvalue weighted by atomic mass is 10.1. The van der Waals surface area contributed by atoms with Gasteiger partial charge in [-0.3, -0.25) is 4.79 Å². The van der Waals surface area contributed by atoms with Crippen LogP contribution in [0.2, 0.25) is 0 Å². The molecule has 6 nitrogen and oxygen atoms in total. The van der Waals surface area contributed by atoms with Crippen molar-refractivity contribution in [3.8, 4) is 11.5 Å². The van der Waals surface area contributed by atoms with Gasteiger partial charge < -0.3 is 19.3 Å². The van der Waals surface area contributed by atoms with Gasteiger partial charge in [-0.1, -0.05) is 23.4 Å². The van der Waals surface area contributed by atoms with Crippen LogP contribution in [0.15, 0.2) is 47.0 Å². The first-order valence-electron chi connectivity index (χ1n) is 9.14. The first-order chi connectivity index (χ1) is 13.1. The lowest BCUT2D eigenvalue weighted by Crippen LogP contribution is -2.28. The highest BCUT2D eigenvalue weighted by molar-refractivity contribution is 5.86. The Labute approximate surface area is 158 Å². The van der Waals surface area contributed by atoms with Crippen molar-refractivity contribution in [3.05, 3.63) is 53.7 Å². The monoisotopic (exact) mass is 368 g/mol. The minimum atomic E-state index is -0.175. The molecule has 0 saturated carbocycles. The molecule has 2 aromatic carbocycles. The molecule has 0 radical (unpaired) electrons. The summed E-state index contributed by atoms with van der Waals surface area (Å²) < 4.78 is 16.5. The van der Waals surface area contributed by atoms with Crippen molar-refractivity contribution in [3.63, 3.8) is 0 Å². The Kier molecular flexibility index (Phi) is 5.96. The third-order valence-corrected chi connectivity index (χ3v) is 4.23. The van der Waals surface area contributed by atoms with E-state index in [1.807, 2.05) is 63.2 Å². The highest BCUT2D eigenvalue weighted by Gasteiger charge is 2.16. The molecule has 0 spiro atoms. The number of benzene rings is 2. The second-order valence-electron chi connectivity index (χ2n) is 6.16. The number of hydrogen-bond acceptors (Lipinski definition) is 5. The van der Waals surface area contributed by atoms with Crippen molar-refractivity contribution < 1.29 is 18.8 Å². The molecule has 142 valence electrons. The van der Waals surface area contributed by atoms with E-state index < -0.39 is 0 Å². The molecule has 27 heavy (non-hydrogen) atoms. The van der Waals surface area contributed by atoms with Gasteiger partial charge >= 0.3 is 0 Å². The maximum Gasteiger partial charge on any atom is 0.226 e. The Morgan fingerprint density at radius 3 is 2.63 bits per heavy atom. The van der Waals surface area contributed by atoms with Crippen LogP contribution in [0.25, 0.3) is 11.0 Å². The quantitative estimate of drug-likeness (QED) is 0.649. The van der Waals surface area contributed by atoms with Gasteiger partial charge in [-0.25, -0.2) is 0 Å². The molecule has 1 aromatic heterocycles. The largest absolute Gasteiger partial charge is 0.490 e. The fourth-order valence-electron chi connectivity index (χ4n) is 2.93. The Morgan fingerprint density at radius 1 is 1.11 bits per heavy atom. The van der Waals surface area contributed by atoms with Gasteiger partial charge in [0.25, 0.3) is 0 Å². The van der Waals surface area contributed by atoms with Crippen molar-refractivity contribution in [2.75, 3.05) is 13.2 Å². The summed E-state index contributed by atoms with van der Waals surface area (Å²) >= 11 is 0. The van der Waals surface area contributed by atoms with Crippen LogP contribution in [0, 0.1) is 0 Å². The predicted molar refractivity (Wildman–Crippen MR) is 103 cm³/mol. The second kappa shape index (κ2) is 8.58. The molecule has 0 aliphatic heterocycles. The van der Waals surface area contributed by atoms with Crippen molar-refractivity contribution in [2.45, 2.75) is 33.2 Å². The summed E-state index contributed by atoms with van der Waals surface area (Å²) in [7, 11) is 0. The van der Waals surface area contributed by atoms with E-state index in [0.717, 1.165) is 10.9 Å². The van der Waals surface area contributed by atoms with E-state index in [2.05, 4.69) is 10.5 Å². The van der Waals surface area contributed by atoms with Gasteiger partial charge in [-0.05, 0) is 50.6 Å². The first kappa shape index (κ1) is 18.8. The normalized spacial score (nSPS) is 12.0. The molecular weight excluding hydrogens is 344 g/mol. The molecule has 1 heterocycles. The maximum absolute atomic E-state index is 12.5. The van der Waals surface area contributed by atoms with E-state index in [0.29, 0.717) is 36.0 Å². The number of nitrogens with one attached hydrogen (secondary N) is 1. The number of aromatic nitrogens is 1. The summed E-state index contributed by atoms with van der Waals surface area (Å²) in [6.45, 7) is 6.90. The number of hydrogen-bond donors (Lipinski definition) is 1. The van der Waals surface area contributed by atoms with Crippen LogP contribution in [0.3, 0.4) is 0 Å². The zero-order valence-electron chi connectivity index (χ0n) is 15.8. The van der Waals surface area contributed by atoms with Crippen LogP contribution in [-0.2, 0) is 11.2 Å². The van der Waals surface area contributed by atoms with Crippen LogP contribution in [0.5, 0.6) is 11.5 Å². The minimum absolute atomic E-state index is 0.117. The molecule has 3 rings (SSSR count). The number of rotatable bonds is 8. The van der Waals surface area contributed by atoms with Crippen LogP contribution in [-0.4, -0.2) is 24.3 Å². The smallest absolute Gasteiger partial charge is 0.226 e. The van der Waals surface area contributed by atoms with Crippen molar-refractivity contribution >= 4 is 16.9 Å². The Balaban J connectivity index is 1.69. The second-order valence-corrected chi connectivity index (χ2v) is 6.16. The molecule has 0 aliphatic carbocycles. The average Bonchev–Trinajstić information content (AvgIpc) is 3.06. The molecule has 1 unspecified atom stereocenters. The minimum Gasteiger partial charge on any atom is -0.490 e. The standard InChI is InChI=1S/C21H24N2O4/c1-4-25-19-11-10-15(12-20(19)26-5-2)14(3)22-21(24)13-17-16-8-6-7-9-18(16)27-23-17/h6-12,14H,4-5,13H2,1-3H3,(H,22,24). The number of amides is 1.